The first-order valence-electron chi connectivity index (χ1n) is 6.91. The van der Waals surface area contributed by atoms with Crippen molar-refractivity contribution in [3.63, 3.8) is 0 Å². The molecule has 1 heterocycles. The van der Waals surface area contributed by atoms with E-state index in [-0.39, 0.29) is 12.1 Å². The number of thioether (sulfide) groups is 1. The third kappa shape index (κ3) is 3.78. The van der Waals surface area contributed by atoms with Crippen molar-refractivity contribution in [2.24, 2.45) is 5.92 Å². The van der Waals surface area contributed by atoms with Gasteiger partial charge in [0, 0.05) is 24.4 Å². The van der Waals surface area contributed by atoms with Gasteiger partial charge in [-0.1, -0.05) is 0 Å². The summed E-state index contributed by atoms with van der Waals surface area (Å²) < 4.78 is 0. The molecule has 1 unspecified atom stereocenters. The van der Waals surface area contributed by atoms with Crippen LogP contribution in [0.4, 0.5) is 4.79 Å². The minimum atomic E-state index is -0.796. The first-order chi connectivity index (χ1) is 9.10. The van der Waals surface area contributed by atoms with Crippen molar-refractivity contribution < 1.29 is 14.7 Å². The number of carbonyl (C=O) groups excluding carboxylic acids is 1. The van der Waals surface area contributed by atoms with Crippen molar-refractivity contribution in [1.29, 1.82) is 0 Å². The third-order valence-corrected chi connectivity index (χ3v) is 5.30. The number of urea groups is 1. The van der Waals surface area contributed by atoms with Crippen molar-refractivity contribution in [3.05, 3.63) is 0 Å². The Balaban J connectivity index is 1.75. The predicted molar refractivity (Wildman–Crippen MR) is 75.4 cm³/mol. The number of likely N-dealkylation sites (tertiary alicyclic amines) is 1. The van der Waals surface area contributed by atoms with E-state index in [9.17, 15) is 9.59 Å². The lowest BCUT2D eigenvalue weighted by atomic mass is 9.95. The lowest BCUT2D eigenvalue weighted by Gasteiger charge is -2.29. The quantitative estimate of drug-likeness (QED) is 0.829. The highest BCUT2D eigenvalue weighted by molar-refractivity contribution is 7.99. The van der Waals surface area contributed by atoms with Crippen molar-refractivity contribution >= 4 is 23.8 Å². The second-order valence-electron chi connectivity index (χ2n) is 5.43. The van der Waals surface area contributed by atoms with E-state index in [1.54, 1.807) is 4.90 Å². The minimum absolute atomic E-state index is 0.0867. The standard InChI is InChI=1S/C13H22N2O3S/c1-19-11-4-2-10(3-5-11)14-13(18)15-7-6-9(8-15)12(16)17/h9-11H,2-8H2,1H3,(H,14,18)(H,16,17). The normalized spacial score (nSPS) is 31.2. The van der Waals surface area contributed by atoms with Crippen LogP contribution in [0.5, 0.6) is 0 Å². The van der Waals surface area contributed by atoms with E-state index in [2.05, 4.69) is 11.6 Å². The zero-order chi connectivity index (χ0) is 13.8. The Hall–Kier alpha value is -0.910. The van der Waals surface area contributed by atoms with Crippen LogP contribution in [0.25, 0.3) is 0 Å². The highest BCUT2D eigenvalue weighted by atomic mass is 32.2. The SMILES string of the molecule is CSC1CCC(NC(=O)N2CCC(C(=O)O)C2)CC1. The van der Waals surface area contributed by atoms with E-state index >= 15 is 0 Å². The molecule has 1 aliphatic carbocycles. The van der Waals surface area contributed by atoms with Crippen LogP contribution in [0.3, 0.4) is 0 Å². The fourth-order valence-corrected chi connectivity index (χ4v) is 3.60. The summed E-state index contributed by atoms with van der Waals surface area (Å²) in [6.45, 7) is 0.907. The molecule has 2 rings (SSSR count). The molecule has 0 radical (unpaired) electrons. The van der Waals surface area contributed by atoms with Gasteiger partial charge in [0.05, 0.1) is 5.92 Å². The minimum Gasteiger partial charge on any atom is -0.481 e. The Morgan fingerprint density at radius 2 is 1.89 bits per heavy atom. The fourth-order valence-electron chi connectivity index (χ4n) is 2.86. The van der Waals surface area contributed by atoms with Gasteiger partial charge in [-0.15, -0.1) is 0 Å². The monoisotopic (exact) mass is 286 g/mol. The van der Waals surface area contributed by atoms with Crippen LogP contribution in [0.2, 0.25) is 0 Å². The van der Waals surface area contributed by atoms with Gasteiger partial charge in [-0.05, 0) is 38.4 Å². The number of hydrogen-bond acceptors (Lipinski definition) is 3. The van der Waals surface area contributed by atoms with E-state index in [4.69, 9.17) is 5.11 Å². The Kier molecular flexibility index (Phi) is 4.96. The van der Waals surface area contributed by atoms with Gasteiger partial charge in [0.15, 0.2) is 0 Å². The fraction of sp³-hybridized carbons (Fsp3) is 0.846. The largest absolute Gasteiger partial charge is 0.481 e. The van der Waals surface area contributed by atoms with E-state index in [1.807, 2.05) is 11.8 Å². The van der Waals surface area contributed by atoms with Crippen LogP contribution in [-0.4, -0.2) is 52.6 Å². The zero-order valence-corrected chi connectivity index (χ0v) is 12.1. The molecule has 2 amide bonds. The summed E-state index contributed by atoms with van der Waals surface area (Å²) >= 11 is 1.91. The lowest BCUT2D eigenvalue weighted by Crippen LogP contribution is -2.45. The van der Waals surface area contributed by atoms with Crippen LogP contribution in [-0.2, 0) is 4.79 Å². The number of amides is 2. The molecular formula is C13H22N2O3S. The molecule has 6 heteroatoms. The van der Waals surface area contributed by atoms with Gasteiger partial charge >= 0.3 is 12.0 Å². The van der Waals surface area contributed by atoms with Crippen LogP contribution >= 0.6 is 11.8 Å². The van der Waals surface area contributed by atoms with Crippen molar-refractivity contribution in [1.82, 2.24) is 10.2 Å². The average Bonchev–Trinajstić information content (AvgIpc) is 2.89. The summed E-state index contributed by atoms with van der Waals surface area (Å²) in [6, 6.07) is 0.177. The third-order valence-electron chi connectivity index (χ3n) is 4.16. The van der Waals surface area contributed by atoms with Crippen molar-refractivity contribution in [2.45, 2.75) is 43.4 Å². The number of carboxylic acids is 1. The van der Waals surface area contributed by atoms with Crippen LogP contribution in [0.15, 0.2) is 0 Å². The highest BCUT2D eigenvalue weighted by Crippen LogP contribution is 2.27. The second kappa shape index (κ2) is 6.50. The molecule has 0 bridgehead atoms. The lowest BCUT2D eigenvalue weighted by molar-refractivity contribution is -0.141. The molecule has 19 heavy (non-hydrogen) atoms. The van der Waals surface area contributed by atoms with Gasteiger partial charge in [0.25, 0.3) is 0 Å². The molecule has 0 aromatic heterocycles. The van der Waals surface area contributed by atoms with Gasteiger partial charge < -0.3 is 15.3 Å². The summed E-state index contributed by atoms with van der Waals surface area (Å²) in [5.74, 6) is -1.19. The summed E-state index contributed by atoms with van der Waals surface area (Å²) in [6.07, 6.45) is 7.09. The molecule has 2 N–H and O–H groups in total. The summed E-state index contributed by atoms with van der Waals surface area (Å²) in [7, 11) is 0. The maximum absolute atomic E-state index is 12.0. The first kappa shape index (κ1) is 14.5. The van der Waals surface area contributed by atoms with Crippen molar-refractivity contribution in [3.8, 4) is 0 Å². The summed E-state index contributed by atoms with van der Waals surface area (Å²) in [5, 5.41) is 12.7. The first-order valence-corrected chi connectivity index (χ1v) is 8.20. The van der Waals surface area contributed by atoms with Gasteiger partial charge in [0.2, 0.25) is 0 Å². The molecule has 5 nitrogen and oxygen atoms in total. The van der Waals surface area contributed by atoms with E-state index < -0.39 is 11.9 Å². The Morgan fingerprint density at radius 3 is 2.42 bits per heavy atom. The molecular weight excluding hydrogens is 264 g/mol. The zero-order valence-electron chi connectivity index (χ0n) is 11.3. The van der Waals surface area contributed by atoms with Gasteiger partial charge in [-0.3, -0.25) is 4.79 Å². The Morgan fingerprint density at radius 1 is 1.21 bits per heavy atom. The molecule has 2 fully saturated rings. The maximum Gasteiger partial charge on any atom is 0.317 e. The Bertz CT molecular complexity index is 343. The topological polar surface area (TPSA) is 69.6 Å². The Labute approximate surface area is 118 Å². The predicted octanol–water partition coefficient (Wildman–Crippen LogP) is 1.78. The number of aliphatic carboxylic acids is 1. The van der Waals surface area contributed by atoms with Crippen molar-refractivity contribution in [2.75, 3.05) is 19.3 Å². The average molecular weight is 286 g/mol. The molecule has 0 aromatic carbocycles. The van der Waals surface area contributed by atoms with Gasteiger partial charge in [-0.2, -0.15) is 11.8 Å². The number of nitrogens with zero attached hydrogens (tertiary/aromatic N) is 1. The molecule has 108 valence electrons. The summed E-state index contributed by atoms with van der Waals surface area (Å²) in [5.41, 5.74) is 0. The van der Waals surface area contributed by atoms with E-state index in [0.29, 0.717) is 19.5 Å². The highest BCUT2D eigenvalue weighted by Gasteiger charge is 2.32. The molecule has 2 aliphatic rings. The molecule has 1 saturated heterocycles. The molecule has 0 spiro atoms. The number of rotatable bonds is 3. The van der Waals surface area contributed by atoms with Crippen LogP contribution < -0.4 is 5.32 Å². The maximum atomic E-state index is 12.0. The van der Waals surface area contributed by atoms with Crippen LogP contribution in [0, 0.1) is 5.92 Å². The molecule has 1 aliphatic heterocycles. The summed E-state index contributed by atoms with van der Waals surface area (Å²) in [4.78, 5) is 24.6. The van der Waals surface area contributed by atoms with Gasteiger partial charge in [0.1, 0.15) is 0 Å². The molecule has 1 saturated carbocycles. The number of carboxylic acid groups (broad SMARTS) is 1. The number of hydrogen-bond donors (Lipinski definition) is 2. The van der Waals surface area contributed by atoms with Crippen LogP contribution in [0.1, 0.15) is 32.1 Å². The van der Waals surface area contributed by atoms with Gasteiger partial charge in [-0.25, -0.2) is 4.79 Å². The smallest absolute Gasteiger partial charge is 0.317 e. The number of carbonyl (C=O) groups is 2. The second-order valence-corrected chi connectivity index (χ2v) is 6.57. The molecule has 1 atom stereocenters. The van der Waals surface area contributed by atoms with E-state index in [0.717, 1.165) is 30.9 Å². The van der Waals surface area contributed by atoms with E-state index in [1.165, 1.54) is 0 Å². The molecule has 0 aromatic rings. The number of nitrogens with one attached hydrogen (secondary N) is 1.